The summed E-state index contributed by atoms with van der Waals surface area (Å²) < 4.78 is 10.9. The maximum absolute atomic E-state index is 12.7. The second kappa shape index (κ2) is 10.4. The molecule has 33 heavy (non-hydrogen) atoms. The number of carbonyl (C=O) groups excluding carboxylic acids is 2. The Balaban J connectivity index is 1.47. The summed E-state index contributed by atoms with van der Waals surface area (Å²) in [5.41, 5.74) is 3.09. The number of morpholine rings is 1. The number of methoxy groups -OCH3 is 1. The Morgan fingerprint density at radius 2 is 1.88 bits per heavy atom. The zero-order valence-corrected chi connectivity index (χ0v) is 18.8. The Labute approximate surface area is 192 Å². The number of amides is 2. The molecule has 1 fully saturated rings. The predicted octanol–water partition coefficient (Wildman–Crippen LogP) is 2.68. The van der Waals surface area contributed by atoms with E-state index in [-0.39, 0.29) is 12.6 Å². The normalized spacial score (nSPS) is 15.1. The van der Waals surface area contributed by atoms with Crippen molar-refractivity contribution in [1.82, 2.24) is 15.2 Å². The molecule has 1 atom stereocenters. The van der Waals surface area contributed by atoms with Crippen LogP contribution in [0.5, 0.6) is 5.75 Å². The first-order chi connectivity index (χ1) is 16.0. The SMILES string of the molecule is COc1cccc(C(CNC(=O)C(=O)Nc2cc(C)nc3ccccc23)N2CCOCC2)c1. The Morgan fingerprint density at radius 3 is 2.67 bits per heavy atom. The van der Waals surface area contributed by atoms with Gasteiger partial charge in [-0.05, 0) is 36.8 Å². The van der Waals surface area contributed by atoms with Crippen LogP contribution in [0.3, 0.4) is 0 Å². The lowest BCUT2D eigenvalue weighted by Gasteiger charge is -2.35. The predicted molar refractivity (Wildman–Crippen MR) is 126 cm³/mol. The number of anilines is 1. The molecule has 1 unspecified atom stereocenters. The van der Waals surface area contributed by atoms with Crippen molar-refractivity contribution < 1.29 is 19.1 Å². The van der Waals surface area contributed by atoms with Gasteiger partial charge in [-0.3, -0.25) is 19.5 Å². The fourth-order valence-corrected chi connectivity index (χ4v) is 4.06. The maximum atomic E-state index is 12.7. The van der Waals surface area contributed by atoms with E-state index >= 15 is 0 Å². The van der Waals surface area contributed by atoms with Crippen LogP contribution in [-0.2, 0) is 14.3 Å². The van der Waals surface area contributed by atoms with Crippen LogP contribution in [-0.4, -0.2) is 61.7 Å². The Morgan fingerprint density at radius 1 is 1.09 bits per heavy atom. The van der Waals surface area contributed by atoms with Crippen molar-refractivity contribution in [2.45, 2.75) is 13.0 Å². The number of pyridine rings is 1. The van der Waals surface area contributed by atoms with Crippen LogP contribution < -0.4 is 15.4 Å². The monoisotopic (exact) mass is 448 g/mol. The van der Waals surface area contributed by atoms with Crippen LogP contribution in [0.15, 0.2) is 54.6 Å². The molecule has 2 amide bonds. The number of ether oxygens (including phenoxy) is 2. The highest BCUT2D eigenvalue weighted by Gasteiger charge is 2.25. The highest BCUT2D eigenvalue weighted by Crippen LogP contribution is 2.25. The van der Waals surface area contributed by atoms with Crippen molar-refractivity contribution in [2.75, 3.05) is 45.3 Å². The van der Waals surface area contributed by atoms with Gasteiger partial charge in [0.15, 0.2) is 0 Å². The van der Waals surface area contributed by atoms with Crippen LogP contribution in [0.4, 0.5) is 5.69 Å². The summed E-state index contributed by atoms with van der Waals surface area (Å²) in [5, 5.41) is 6.34. The fourth-order valence-electron chi connectivity index (χ4n) is 4.06. The van der Waals surface area contributed by atoms with Gasteiger partial charge in [0.25, 0.3) is 0 Å². The van der Waals surface area contributed by atoms with E-state index in [1.54, 1.807) is 13.2 Å². The summed E-state index contributed by atoms with van der Waals surface area (Å²) >= 11 is 0. The van der Waals surface area contributed by atoms with E-state index in [2.05, 4.69) is 20.5 Å². The number of nitrogens with one attached hydrogen (secondary N) is 2. The van der Waals surface area contributed by atoms with Gasteiger partial charge in [0.05, 0.1) is 37.6 Å². The van der Waals surface area contributed by atoms with Gasteiger partial charge in [-0.15, -0.1) is 0 Å². The van der Waals surface area contributed by atoms with Gasteiger partial charge in [0.1, 0.15) is 5.75 Å². The minimum Gasteiger partial charge on any atom is -0.497 e. The van der Waals surface area contributed by atoms with Crippen molar-refractivity contribution >= 4 is 28.4 Å². The molecule has 0 aliphatic carbocycles. The standard InChI is InChI=1S/C25H28N4O4/c1-17-14-22(20-8-3-4-9-21(20)27-17)28-25(31)24(30)26-16-23(29-10-12-33-13-11-29)18-6-5-7-19(15-18)32-2/h3-9,14-15,23H,10-13,16H2,1-2H3,(H,26,30)(H,27,28,31). The largest absolute Gasteiger partial charge is 0.497 e. The highest BCUT2D eigenvalue weighted by molar-refractivity contribution is 6.40. The minimum absolute atomic E-state index is 0.107. The molecule has 0 spiro atoms. The first-order valence-electron chi connectivity index (χ1n) is 11.0. The van der Waals surface area contributed by atoms with E-state index in [9.17, 15) is 9.59 Å². The van der Waals surface area contributed by atoms with E-state index in [0.717, 1.165) is 41.0 Å². The second-order valence-electron chi connectivity index (χ2n) is 7.93. The number of hydrogen-bond acceptors (Lipinski definition) is 6. The summed E-state index contributed by atoms with van der Waals surface area (Å²) in [6.07, 6.45) is 0. The fraction of sp³-hybridized carbons (Fsp3) is 0.320. The van der Waals surface area contributed by atoms with Crippen LogP contribution in [0.1, 0.15) is 17.3 Å². The molecule has 172 valence electrons. The lowest BCUT2D eigenvalue weighted by molar-refractivity contribution is -0.136. The lowest BCUT2D eigenvalue weighted by atomic mass is 10.0. The molecule has 0 bridgehead atoms. The van der Waals surface area contributed by atoms with Crippen molar-refractivity contribution in [3.05, 3.63) is 65.9 Å². The van der Waals surface area contributed by atoms with Crippen molar-refractivity contribution in [1.29, 1.82) is 0 Å². The van der Waals surface area contributed by atoms with Gasteiger partial charge in [-0.1, -0.05) is 30.3 Å². The first kappa shape index (κ1) is 22.7. The van der Waals surface area contributed by atoms with Gasteiger partial charge in [-0.25, -0.2) is 0 Å². The molecule has 2 heterocycles. The molecule has 3 aromatic rings. The smallest absolute Gasteiger partial charge is 0.313 e. The van der Waals surface area contributed by atoms with E-state index in [1.165, 1.54) is 0 Å². The molecule has 2 aromatic carbocycles. The minimum atomic E-state index is -0.711. The Bertz CT molecular complexity index is 1140. The van der Waals surface area contributed by atoms with Crippen molar-refractivity contribution in [3.8, 4) is 5.75 Å². The van der Waals surface area contributed by atoms with Gasteiger partial charge < -0.3 is 20.1 Å². The number of aromatic nitrogens is 1. The lowest BCUT2D eigenvalue weighted by Crippen LogP contribution is -2.45. The van der Waals surface area contributed by atoms with E-state index in [0.29, 0.717) is 18.9 Å². The number of aryl methyl sites for hydroxylation is 1. The summed E-state index contributed by atoms with van der Waals surface area (Å²) in [6, 6.07) is 16.9. The molecular weight excluding hydrogens is 420 g/mol. The average molecular weight is 449 g/mol. The summed E-state index contributed by atoms with van der Waals surface area (Å²) in [4.78, 5) is 32.1. The summed E-state index contributed by atoms with van der Waals surface area (Å²) in [7, 11) is 1.62. The number of nitrogens with zero attached hydrogens (tertiary/aromatic N) is 2. The number of fused-ring (bicyclic) bond motifs is 1. The summed E-state index contributed by atoms with van der Waals surface area (Å²) in [5.74, 6) is -0.651. The molecule has 1 aromatic heterocycles. The molecule has 1 aliphatic heterocycles. The zero-order valence-electron chi connectivity index (χ0n) is 18.8. The quantitative estimate of drug-likeness (QED) is 0.564. The second-order valence-corrected chi connectivity index (χ2v) is 7.93. The van der Waals surface area contributed by atoms with Crippen molar-refractivity contribution in [3.63, 3.8) is 0 Å². The Kier molecular flexibility index (Phi) is 7.16. The average Bonchev–Trinajstić information content (AvgIpc) is 2.84. The summed E-state index contributed by atoms with van der Waals surface area (Å²) in [6.45, 7) is 4.88. The van der Waals surface area contributed by atoms with Crippen LogP contribution in [0, 0.1) is 6.92 Å². The first-order valence-corrected chi connectivity index (χ1v) is 11.0. The van der Waals surface area contributed by atoms with E-state index in [1.807, 2.05) is 55.5 Å². The van der Waals surface area contributed by atoms with E-state index in [4.69, 9.17) is 9.47 Å². The molecule has 8 nitrogen and oxygen atoms in total. The maximum Gasteiger partial charge on any atom is 0.313 e. The molecule has 4 rings (SSSR count). The molecule has 0 saturated carbocycles. The van der Waals surface area contributed by atoms with E-state index < -0.39 is 11.8 Å². The Hall–Kier alpha value is -3.49. The molecule has 8 heteroatoms. The third-order valence-corrected chi connectivity index (χ3v) is 5.72. The number of para-hydroxylation sites is 1. The van der Waals surface area contributed by atoms with Gasteiger partial charge in [0.2, 0.25) is 0 Å². The topological polar surface area (TPSA) is 92.8 Å². The van der Waals surface area contributed by atoms with Gasteiger partial charge in [0, 0.05) is 30.7 Å². The zero-order chi connectivity index (χ0) is 23.2. The highest BCUT2D eigenvalue weighted by atomic mass is 16.5. The van der Waals surface area contributed by atoms with Crippen molar-refractivity contribution in [2.24, 2.45) is 0 Å². The molecule has 2 N–H and O–H groups in total. The molecule has 1 saturated heterocycles. The third-order valence-electron chi connectivity index (χ3n) is 5.72. The van der Waals surface area contributed by atoms with Crippen LogP contribution in [0.25, 0.3) is 10.9 Å². The van der Waals surface area contributed by atoms with Gasteiger partial charge in [-0.2, -0.15) is 0 Å². The van der Waals surface area contributed by atoms with Crippen LogP contribution in [0.2, 0.25) is 0 Å². The number of hydrogen-bond donors (Lipinski definition) is 2. The van der Waals surface area contributed by atoms with Gasteiger partial charge >= 0.3 is 11.8 Å². The number of benzene rings is 2. The van der Waals surface area contributed by atoms with Crippen LogP contribution >= 0.6 is 0 Å². The molecule has 1 aliphatic rings. The number of carbonyl (C=O) groups is 2. The number of rotatable bonds is 6. The molecule has 0 radical (unpaired) electrons. The third kappa shape index (κ3) is 5.47. The molecular formula is C25H28N4O4.